The van der Waals surface area contributed by atoms with Crippen LogP contribution >= 0.6 is 46.4 Å². The lowest BCUT2D eigenvalue weighted by Crippen LogP contribution is -2.12. The Morgan fingerprint density at radius 1 is 0.423 bits per heavy atom. The number of carbonyl (C=O) groups excluding carboxylic acids is 4. The van der Waals surface area contributed by atoms with Crippen LogP contribution in [0.1, 0.15) is 41.4 Å². The van der Waals surface area contributed by atoms with Gasteiger partial charge in [0.15, 0.2) is 0 Å². The molecule has 0 saturated carbocycles. The van der Waals surface area contributed by atoms with Crippen LogP contribution in [0.25, 0.3) is 11.1 Å². The lowest BCUT2D eigenvalue weighted by Gasteiger charge is -2.09. The third-order valence-corrected chi connectivity index (χ3v) is 8.67. The van der Waals surface area contributed by atoms with E-state index in [1.54, 1.807) is 109 Å². The summed E-state index contributed by atoms with van der Waals surface area (Å²) in [7, 11) is 0. The Kier molecular flexibility index (Phi) is 11.2. The van der Waals surface area contributed by atoms with Crippen LogP contribution in [-0.2, 0) is 0 Å². The summed E-state index contributed by atoms with van der Waals surface area (Å²) < 4.78 is 11.0. The molecule has 6 aromatic rings. The number of hydrogen-bond acceptors (Lipinski definition) is 6. The fraction of sp³-hybridized carbons (Fsp3) is 0. The lowest BCUT2D eigenvalue weighted by molar-refractivity contribution is 0.0725. The highest BCUT2D eigenvalue weighted by molar-refractivity contribution is 6.37. The second-order valence-electron chi connectivity index (χ2n) is 11.1. The maximum Gasteiger partial charge on any atom is 0.343 e. The van der Waals surface area contributed by atoms with Crippen molar-refractivity contribution in [1.82, 2.24) is 0 Å². The molecule has 8 nitrogen and oxygen atoms in total. The molecule has 0 bridgehead atoms. The van der Waals surface area contributed by atoms with Gasteiger partial charge in [0.25, 0.3) is 11.8 Å². The Labute approximate surface area is 317 Å². The standard InChI is InChI=1S/C40H24Cl4N2O6/c41-27-9-19-33(35(43)21-27)37(47)45-29-11-15-31(16-12-29)51-39(49)25-5-1-23(2-6-25)24-3-7-26(8-4-24)40(50)52-32-17-13-30(14-18-32)46-38(48)34-20-10-28(42)22-36(34)44/h1-22H,(H,45,47)(H,46,48). The van der Waals surface area contributed by atoms with Crippen molar-refractivity contribution in [3.8, 4) is 22.6 Å². The number of esters is 2. The molecule has 6 rings (SSSR count). The molecule has 0 heterocycles. The highest BCUT2D eigenvalue weighted by Gasteiger charge is 2.15. The highest BCUT2D eigenvalue weighted by Crippen LogP contribution is 2.26. The monoisotopic (exact) mass is 768 g/mol. The first-order valence-corrected chi connectivity index (χ1v) is 16.9. The average molecular weight is 770 g/mol. The molecule has 0 fully saturated rings. The van der Waals surface area contributed by atoms with Gasteiger partial charge in [-0.2, -0.15) is 0 Å². The molecule has 0 aliphatic carbocycles. The van der Waals surface area contributed by atoms with Crippen molar-refractivity contribution in [3.63, 3.8) is 0 Å². The van der Waals surface area contributed by atoms with Gasteiger partial charge in [-0.3, -0.25) is 9.59 Å². The van der Waals surface area contributed by atoms with Crippen LogP contribution in [0.3, 0.4) is 0 Å². The minimum atomic E-state index is -0.559. The molecular weight excluding hydrogens is 746 g/mol. The number of halogens is 4. The number of anilines is 2. The number of rotatable bonds is 9. The molecule has 0 atom stereocenters. The molecule has 0 spiro atoms. The van der Waals surface area contributed by atoms with Crippen LogP contribution in [0.5, 0.6) is 11.5 Å². The molecule has 0 radical (unpaired) electrons. The topological polar surface area (TPSA) is 111 Å². The minimum Gasteiger partial charge on any atom is -0.423 e. The third kappa shape index (κ3) is 8.98. The Hall–Kier alpha value is -5.64. The van der Waals surface area contributed by atoms with E-state index in [2.05, 4.69) is 10.6 Å². The zero-order valence-electron chi connectivity index (χ0n) is 26.7. The predicted octanol–water partition coefficient (Wildman–Crippen LogP) is 10.9. The number of carbonyl (C=O) groups is 4. The third-order valence-electron chi connectivity index (χ3n) is 7.57. The Morgan fingerprint density at radius 3 is 1.10 bits per heavy atom. The molecule has 6 aromatic carbocycles. The fourth-order valence-corrected chi connectivity index (χ4v) is 5.87. The second kappa shape index (κ2) is 16.1. The molecule has 0 aliphatic heterocycles. The molecule has 0 unspecified atom stereocenters. The fourth-order valence-electron chi connectivity index (χ4n) is 4.89. The molecule has 52 heavy (non-hydrogen) atoms. The van der Waals surface area contributed by atoms with Crippen molar-refractivity contribution in [1.29, 1.82) is 0 Å². The predicted molar refractivity (Wildman–Crippen MR) is 204 cm³/mol. The molecule has 0 aromatic heterocycles. The average Bonchev–Trinajstić information content (AvgIpc) is 3.13. The van der Waals surface area contributed by atoms with Crippen LogP contribution in [0.4, 0.5) is 11.4 Å². The summed E-state index contributed by atoms with van der Waals surface area (Å²) in [6, 6.07) is 35.5. The summed E-state index contributed by atoms with van der Waals surface area (Å²) in [5.74, 6) is -1.35. The number of hydrogen-bond donors (Lipinski definition) is 2. The van der Waals surface area contributed by atoms with Gasteiger partial charge < -0.3 is 20.1 Å². The molecular formula is C40H24Cl4N2O6. The van der Waals surface area contributed by atoms with Crippen molar-refractivity contribution >= 4 is 81.5 Å². The Bertz CT molecular complexity index is 2130. The summed E-state index contributed by atoms with van der Waals surface area (Å²) in [5, 5.41) is 6.77. The van der Waals surface area contributed by atoms with Crippen LogP contribution in [0.15, 0.2) is 133 Å². The first kappa shape index (κ1) is 36.2. The molecule has 12 heteroatoms. The van der Waals surface area contributed by atoms with Crippen LogP contribution in [0, 0.1) is 0 Å². The van der Waals surface area contributed by atoms with Crippen molar-refractivity contribution in [2.45, 2.75) is 0 Å². The number of nitrogens with one attached hydrogen (secondary N) is 2. The first-order chi connectivity index (χ1) is 25.0. The second-order valence-corrected chi connectivity index (χ2v) is 12.8. The van der Waals surface area contributed by atoms with Gasteiger partial charge >= 0.3 is 11.9 Å². The van der Waals surface area contributed by atoms with Gasteiger partial charge in [0.05, 0.1) is 32.3 Å². The number of benzene rings is 6. The van der Waals surface area contributed by atoms with Gasteiger partial charge in [-0.05, 0) is 120 Å². The SMILES string of the molecule is O=C(Oc1ccc(NC(=O)c2ccc(Cl)cc2Cl)cc1)c1ccc(-c2ccc(C(=O)Oc3ccc(NC(=O)c4ccc(Cl)cc4Cl)cc3)cc2)cc1. The zero-order valence-corrected chi connectivity index (χ0v) is 29.7. The van der Waals surface area contributed by atoms with E-state index in [4.69, 9.17) is 55.9 Å². The van der Waals surface area contributed by atoms with E-state index in [0.717, 1.165) is 11.1 Å². The molecule has 2 N–H and O–H groups in total. The molecule has 258 valence electrons. The summed E-state index contributed by atoms with van der Waals surface area (Å²) in [6.07, 6.45) is 0. The summed E-state index contributed by atoms with van der Waals surface area (Å²) in [5.41, 5.74) is 3.81. The van der Waals surface area contributed by atoms with Gasteiger partial charge in [0, 0.05) is 21.4 Å². The first-order valence-electron chi connectivity index (χ1n) is 15.4. The Morgan fingerprint density at radius 2 is 0.769 bits per heavy atom. The zero-order chi connectivity index (χ0) is 36.8. The molecule has 0 saturated heterocycles. The van der Waals surface area contributed by atoms with Gasteiger partial charge in [-0.15, -0.1) is 0 Å². The van der Waals surface area contributed by atoms with Gasteiger partial charge in [-0.25, -0.2) is 9.59 Å². The van der Waals surface area contributed by atoms with E-state index in [1.165, 1.54) is 24.3 Å². The number of amides is 2. The van der Waals surface area contributed by atoms with Gasteiger partial charge in [-0.1, -0.05) is 70.7 Å². The van der Waals surface area contributed by atoms with E-state index in [0.29, 0.717) is 44.0 Å². The van der Waals surface area contributed by atoms with Crippen LogP contribution in [0.2, 0.25) is 20.1 Å². The maximum atomic E-state index is 12.8. The molecule has 0 aliphatic rings. The quantitative estimate of drug-likeness (QED) is 0.112. The van der Waals surface area contributed by atoms with Gasteiger partial charge in [0.1, 0.15) is 11.5 Å². The van der Waals surface area contributed by atoms with Crippen molar-refractivity contribution in [2.75, 3.05) is 10.6 Å². The van der Waals surface area contributed by atoms with Crippen molar-refractivity contribution < 1.29 is 28.7 Å². The van der Waals surface area contributed by atoms with Crippen molar-refractivity contribution in [2.24, 2.45) is 0 Å². The summed E-state index contributed by atoms with van der Waals surface area (Å²) in [6.45, 7) is 0. The molecule has 2 amide bonds. The van der Waals surface area contributed by atoms with Crippen LogP contribution < -0.4 is 20.1 Å². The maximum absolute atomic E-state index is 12.8. The number of ether oxygens (including phenoxy) is 2. The van der Waals surface area contributed by atoms with Crippen molar-refractivity contribution in [3.05, 3.63) is 176 Å². The van der Waals surface area contributed by atoms with E-state index in [9.17, 15) is 19.2 Å². The summed E-state index contributed by atoms with van der Waals surface area (Å²) in [4.78, 5) is 50.7. The minimum absolute atomic E-state index is 0.228. The highest BCUT2D eigenvalue weighted by atomic mass is 35.5. The smallest absolute Gasteiger partial charge is 0.343 e. The van der Waals surface area contributed by atoms with E-state index in [-0.39, 0.29) is 21.2 Å². The normalized spacial score (nSPS) is 10.6. The van der Waals surface area contributed by atoms with Crippen LogP contribution in [-0.4, -0.2) is 23.8 Å². The Balaban J connectivity index is 1.00. The summed E-state index contributed by atoms with van der Waals surface area (Å²) >= 11 is 24.0. The largest absolute Gasteiger partial charge is 0.423 e. The van der Waals surface area contributed by atoms with Gasteiger partial charge in [0.2, 0.25) is 0 Å². The van der Waals surface area contributed by atoms with E-state index in [1.807, 2.05) is 0 Å². The van der Waals surface area contributed by atoms with E-state index < -0.39 is 23.8 Å². The van der Waals surface area contributed by atoms with E-state index >= 15 is 0 Å². The lowest BCUT2D eigenvalue weighted by atomic mass is 10.0.